The fourth-order valence-electron chi connectivity index (χ4n) is 2.71. The van der Waals surface area contributed by atoms with Crippen molar-refractivity contribution in [2.24, 2.45) is 0 Å². The highest BCUT2D eigenvalue weighted by molar-refractivity contribution is 5.92. The van der Waals surface area contributed by atoms with Crippen LogP contribution in [-0.4, -0.2) is 27.9 Å². The van der Waals surface area contributed by atoms with Crippen molar-refractivity contribution < 1.29 is 13.9 Å². The topological polar surface area (TPSA) is 128 Å². The van der Waals surface area contributed by atoms with Gasteiger partial charge in [-0.25, -0.2) is 4.98 Å². The molecule has 0 bridgehead atoms. The summed E-state index contributed by atoms with van der Waals surface area (Å²) in [5.41, 5.74) is 8.36. The minimum absolute atomic E-state index is 0.153. The van der Waals surface area contributed by atoms with Gasteiger partial charge in [0.1, 0.15) is 23.0 Å². The lowest BCUT2D eigenvalue weighted by molar-refractivity contribution is 0.0958. The predicted molar refractivity (Wildman–Crippen MR) is 112 cm³/mol. The van der Waals surface area contributed by atoms with Crippen LogP contribution in [0.5, 0.6) is 11.5 Å². The molecule has 3 heterocycles. The molecule has 0 saturated heterocycles. The second-order valence-corrected chi connectivity index (χ2v) is 6.22. The maximum Gasteiger partial charge on any atom is 0.269 e. The van der Waals surface area contributed by atoms with Gasteiger partial charge in [-0.15, -0.1) is 0 Å². The Hall–Kier alpha value is -4.40. The number of carbonyl (C=O) groups excluding carboxylic acids is 1. The average molecular weight is 402 g/mol. The van der Waals surface area contributed by atoms with Crippen molar-refractivity contribution in [1.82, 2.24) is 20.3 Å². The van der Waals surface area contributed by atoms with Gasteiger partial charge in [-0.05, 0) is 36.4 Å². The van der Waals surface area contributed by atoms with Crippen molar-refractivity contribution in [3.63, 3.8) is 0 Å². The molecule has 4 N–H and O–H groups in total. The van der Waals surface area contributed by atoms with Crippen LogP contribution in [0.1, 0.15) is 10.5 Å². The Morgan fingerprint density at radius 3 is 2.63 bits per heavy atom. The van der Waals surface area contributed by atoms with Gasteiger partial charge in [0.15, 0.2) is 0 Å². The first-order chi connectivity index (χ1) is 14.6. The summed E-state index contributed by atoms with van der Waals surface area (Å²) in [5, 5.41) is 5.72. The molecule has 0 spiro atoms. The van der Waals surface area contributed by atoms with Crippen LogP contribution in [0.25, 0.3) is 11.3 Å². The number of hydrogen-bond acceptors (Lipinski definition) is 8. The van der Waals surface area contributed by atoms with Crippen LogP contribution >= 0.6 is 0 Å². The summed E-state index contributed by atoms with van der Waals surface area (Å²) in [6.07, 6.45) is 4.68. The molecular formula is C21H18N6O3. The monoisotopic (exact) mass is 402 g/mol. The molecule has 0 aliphatic heterocycles. The number of amides is 1. The zero-order valence-electron chi connectivity index (χ0n) is 16.0. The minimum Gasteiger partial charge on any atom is -0.472 e. The van der Waals surface area contributed by atoms with Gasteiger partial charge < -0.3 is 25.5 Å². The van der Waals surface area contributed by atoms with Gasteiger partial charge >= 0.3 is 0 Å². The standard InChI is InChI=1S/C21H18N6O3/c1-23-20(28)18-10-16(6-8-24-18)30-15-4-2-14(3-5-15)25-19-11-17(26-21(22)27-19)13-7-9-29-12-13/h2-12H,1H3,(H,23,28)(H3,22,25,26,27). The number of aromatic nitrogens is 3. The Morgan fingerprint density at radius 1 is 1.07 bits per heavy atom. The van der Waals surface area contributed by atoms with Crippen LogP contribution in [-0.2, 0) is 0 Å². The van der Waals surface area contributed by atoms with Crippen LogP contribution in [0.2, 0.25) is 0 Å². The van der Waals surface area contributed by atoms with Crippen molar-refractivity contribution in [1.29, 1.82) is 0 Å². The quantitative estimate of drug-likeness (QED) is 0.446. The van der Waals surface area contributed by atoms with Crippen LogP contribution in [0.4, 0.5) is 17.5 Å². The molecule has 3 aromatic heterocycles. The van der Waals surface area contributed by atoms with E-state index >= 15 is 0 Å². The number of nitrogens with two attached hydrogens (primary N) is 1. The van der Waals surface area contributed by atoms with Crippen molar-refractivity contribution >= 4 is 23.4 Å². The predicted octanol–water partition coefficient (Wildman–Crippen LogP) is 3.61. The summed E-state index contributed by atoms with van der Waals surface area (Å²) in [5.74, 6) is 1.55. The number of nitrogen functional groups attached to an aromatic ring is 1. The Bertz CT molecular complexity index is 1160. The summed E-state index contributed by atoms with van der Waals surface area (Å²) in [4.78, 5) is 24.1. The number of benzene rings is 1. The SMILES string of the molecule is CNC(=O)c1cc(Oc2ccc(Nc3cc(-c4ccoc4)nc(N)n3)cc2)ccn1. The smallest absolute Gasteiger partial charge is 0.269 e. The third-order valence-electron chi connectivity index (χ3n) is 4.11. The van der Waals surface area contributed by atoms with Gasteiger partial charge in [-0.1, -0.05) is 0 Å². The number of hydrogen-bond donors (Lipinski definition) is 3. The van der Waals surface area contributed by atoms with Crippen LogP contribution in [0, 0.1) is 0 Å². The van der Waals surface area contributed by atoms with E-state index in [-0.39, 0.29) is 17.5 Å². The van der Waals surface area contributed by atoms with E-state index < -0.39 is 0 Å². The highest BCUT2D eigenvalue weighted by Crippen LogP contribution is 2.26. The van der Waals surface area contributed by atoms with E-state index in [1.165, 1.54) is 6.20 Å². The molecule has 30 heavy (non-hydrogen) atoms. The molecule has 0 atom stereocenters. The summed E-state index contributed by atoms with van der Waals surface area (Å²) in [6.45, 7) is 0. The lowest BCUT2D eigenvalue weighted by atomic mass is 10.2. The molecule has 0 aliphatic rings. The van der Waals surface area contributed by atoms with E-state index in [9.17, 15) is 4.79 Å². The second-order valence-electron chi connectivity index (χ2n) is 6.22. The Morgan fingerprint density at radius 2 is 1.90 bits per heavy atom. The number of nitrogens with one attached hydrogen (secondary N) is 2. The highest BCUT2D eigenvalue weighted by atomic mass is 16.5. The first kappa shape index (κ1) is 18.9. The molecule has 0 saturated carbocycles. The average Bonchev–Trinajstić information content (AvgIpc) is 3.29. The summed E-state index contributed by atoms with van der Waals surface area (Å²) in [6, 6.07) is 14.1. The number of ether oxygens (including phenoxy) is 1. The van der Waals surface area contributed by atoms with Gasteiger partial charge in [0, 0.05) is 36.6 Å². The molecule has 0 aliphatic carbocycles. The third-order valence-corrected chi connectivity index (χ3v) is 4.11. The number of furan rings is 1. The van der Waals surface area contributed by atoms with Crippen molar-refractivity contribution in [2.75, 3.05) is 18.1 Å². The lowest BCUT2D eigenvalue weighted by Gasteiger charge is -2.10. The summed E-state index contributed by atoms with van der Waals surface area (Å²) >= 11 is 0. The van der Waals surface area contributed by atoms with Crippen LogP contribution < -0.4 is 21.1 Å². The van der Waals surface area contributed by atoms with Gasteiger partial charge in [0.2, 0.25) is 5.95 Å². The van der Waals surface area contributed by atoms with Gasteiger partial charge in [0.05, 0.1) is 18.2 Å². The maximum atomic E-state index is 11.7. The van der Waals surface area contributed by atoms with Crippen LogP contribution in [0.3, 0.4) is 0 Å². The molecule has 150 valence electrons. The van der Waals surface area contributed by atoms with E-state index in [0.717, 1.165) is 11.3 Å². The van der Waals surface area contributed by atoms with Gasteiger partial charge in [0.25, 0.3) is 5.91 Å². The molecule has 9 heteroatoms. The zero-order chi connectivity index (χ0) is 20.9. The van der Waals surface area contributed by atoms with E-state index in [2.05, 4.69) is 25.6 Å². The Kier molecular flexibility index (Phi) is 5.25. The van der Waals surface area contributed by atoms with Gasteiger partial charge in [-0.2, -0.15) is 4.98 Å². The molecule has 9 nitrogen and oxygen atoms in total. The third kappa shape index (κ3) is 4.36. The molecular weight excluding hydrogens is 384 g/mol. The van der Waals surface area contributed by atoms with E-state index in [1.807, 2.05) is 12.1 Å². The molecule has 0 radical (unpaired) electrons. The zero-order valence-corrected chi connectivity index (χ0v) is 16.0. The number of carbonyl (C=O) groups is 1. The maximum absolute atomic E-state index is 11.7. The largest absolute Gasteiger partial charge is 0.472 e. The fourth-order valence-corrected chi connectivity index (χ4v) is 2.71. The molecule has 4 aromatic rings. The molecule has 0 fully saturated rings. The number of nitrogens with zero attached hydrogens (tertiary/aromatic N) is 3. The lowest BCUT2D eigenvalue weighted by Crippen LogP contribution is -2.18. The highest BCUT2D eigenvalue weighted by Gasteiger charge is 2.08. The first-order valence-corrected chi connectivity index (χ1v) is 9.01. The van der Waals surface area contributed by atoms with Crippen molar-refractivity contribution in [3.05, 3.63) is 72.9 Å². The van der Waals surface area contributed by atoms with E-state index in [4.69, 9.17) is 14.9 Å². The van der Waals surface area contributed by atoms with E-state index in [0.29, 0.717) is 23.0 Å². The minimum atomic E-state index is -0.279. The van der Waals surface area contributed by atoms with Crippen LogP contribution in [0.15, 0.2) is 71.7 Å². The summed E-state index contributed by atoms with van der Waals surface area (Å²) < 4.78 is 10.9. The number of rotatable bonds is 6. The van der Waals surface area contributed by atoms with E-state index in [1.54, 1.807) is 56.0 Å². The molecule has 1 amide bonds. The normalized spacial score (nSPS) is 10.4. The fraction of sp³-hybridized carbons (Fsp3) is 0.0476. The van der Waals surface area contributed by atoms with Gasteiger partial charge in [-0.3, -0.25) is 9.78 Å². The number of pyridine rings is 1. The number of anilines is 3. The summed E-state index contributed by atoms with van der Waals surface area (Å²) in [7, 11) is 1.55. The Labute approximate surface area is 172 Å². The molecule has 0 unspecified atom stereocenters. The Balaban J connectivity index is 1.48. The second kappa shape index (κ2) is 8.31. The van der Waals surface area contributed by atoms with Crippen molar-refractivity contribution in [3.8, 4) is 22.8 Å². The molecule has 4 rings (SSSR count). The van der Waals surface area contributed by atoms with Crippen molar-refractivity contribution in [2.45, 2.75) is 0 Å². The molecule has 1 aromatic carbocycles. The first-order valence-electron chi connectivity index (χ1n) is 9.01.